The van der Waals surface area contributed by atoms with Gasteiger partial charge in [0.15, 0.2) is 0 Å². The lowest BCUT2D eigenvalue weighted by Gasteiger charge is -2.30. The molecule has 116 valence electrons. The Hall–Kier alpha value is -2.14. The summed E-state index contributed by atoms with van der Waals surface area (Å²) in [6.07, 6.45) is 4.88. The lowest BCUT2D eigenvalue weighted by Crippen LogP contribution is -2.25. The minimum Gasteiger partial charge on any atom is -0.385 e. The molecule has 22 heavy (non-hydrogen) atoms. The van der Waals surface area contributed by atoms with E-state index in [0.717, 1.165) is 50.6 Å². The van der Waals surface area contributed by atoms with Gasteiger partial charge in [-0.25, -0.2) is 9.97 Å². The van der Waals surface area contributed by atoms with Crippen LogP contribution in [0, 0.1) is 0 Å². The molecule has 0 aliphatic carbocycles. The number of rotatable bonds is 6. The lowest BCUT2D eigenvalue weighted by molar-refractivity contribution is 0.198. The second-order valence-corrected chi connectivity index (χ2v) is 5.42. The van der Waals surface area contributed by atoms with E-state index in [1.165, 1.54) is 11.3 Å². The van der Waals surface area contributed by atoms with Crippen LogP contribution in [-0.2, 0) is 11.2 Å². The Bertz CT molecular complexity index is 617. The average Bonchev–Trinajstić information content (AvgIpc) is 2.58. The van der Waals surface area contributed by atoms with Gasteiger partial charge in [0.25, 0.3) is 0 Å². The van der Waals surface area contributed by atoms with Crippen molar-refractivity contribution in [1.29, 1.82) is 0 Å². The first kappa shape index (κ1) is 14.8. The molecule has 0 amide bonds. The molecule has 0 spiro atoms. The number of hydrogen-bond donors (Lipinski definition) is 1. The zero-order valence-electron chi connectivity index (χ0n) is 13.0. The Morgan fingerprint density at radius 2 is 2.18 bits per heavy atom. The summed E-state index contributed by atoms with van der Waals surface area (Å²) in [7, 11) is 1.72. The number of aryl methyl sites for hydroxylation is 1. The van der Waals surface area contributed by atoms with Gasteiger partial charge >= 0.3 is 0 Å². The molecule has 0 radical (unpaired) electrons. The first-order valence-corrected chi connectivity index (χ1v) is 7.79. The normalized spacial score (nSPS) is 13.8. The van der Waals surface area contributed by atoms with Crippen molar-refractivity contribution in [1.82, 2.24) is 9.97 Å². The summed E-state index contributed by atoms with van der Waals surface area (Å²) in [6.45, 7) is 2.60. The zero-order valence-corrected chi connectivity index (χ0v) is 13.0. The van der Waals surface area contributed by atoms with Crippen molar-refractivity contribution in [3.05, 3.63) is 42.2 Å². The van der Waals surface area contributed by atoms with Crippen LogP contribution in [0.2, 0.25) is 0 Å². The summed E-state index contributed by atoms with van der Waals surface area (Å²) in [5.74, 6) is 1.82. The molecule has 1 aromatic carbocycles. The van der Waals surface area contributed by atoms with Crippen LogP contribution in [0.3, 0.4) is 0 Å². The van der Waals surface area contributed by atoms with Crippen molar-refractivity contribution >= 4 is 17.3 Å². The van der Waals surface area contributed by atoms with Crippen LogP contribution in [0.25, 0.3) is 0 Å². The maximum absolute atomic E-state index is 5.06. The Balaban J connectivity index is 1.75. The number of anilines is 3. The first-order valence-electron chi connectivity index (χ1n) is 7.79. The van der Waals surface area contributed by atoms with Crippen LogP contribution < -0.4 is 10.2 Å². The van der Waals surface area contributed by atoms with Gasteiger partial charge < -0.3 is 15.0 Å². The summed E-state index contributed by atoms with van der Waals surface area (Å²) in [4.78, 5) is 11.0. The van der Waals surface area contributed by atoms with Crippen molar-refractivity contribution in [3.63, 3.8) is 0 Å². The summed E-state index contributed by atoms with van der Waals surface area (Å²) in [6, 6.07) is 10.6. The molecule has 0 atom stereocenters. The molecule has 5 nitrogen and oxygen atoms in total. The van der Waals surface area contributed by atoms with E-state index in [-0.39, 0.29) is 0 Å². The third-order valence-corrected chi connectivity index (χ3v) is 3.87. The highest BCUT2D eigenvalue weighted by molar-refractivity contribution is 5.66. The fourth-order valence-electron chi connectivity index (χ4n) is 2.80. The molecule has 1 aliphatic heterocycles. The molecule has 0 fully saturated rings. The van der Waals surface area contributed by atoms with Crippen LogP contribution in [0.15, 0.2) is 36.7 Å². The molecule has 1 aromatic heterocycles. The third kappa shape index (κ3) is 3.36. The van der Waals surface area contributed by atoms with Gasteiger partial charge in [-0.15, -0.1) is 0 Å². The van der Waals surface area contributed by atoms with Crippen molar-refractivity contribution in [2.45, 2.75) is 19.3 Å². The second-order valence-electron chi connectivity index (χ2n) is 5.42. The maximum Gasteiger partial charge on any atom is 0.138 e. The van der Waals surface area contributed by atoms with Gasteiger partial charge in [-0.2, -0.15) is 0 Å². The molecule has 0 bridgehead atoms. The van der Waals surface area contributed by atoms with Crippen LogP contribution in [0.4, 0.5) is 17.3 Å². The SMILES string of the molecule is COCCCNc1cc(N2CCCc3ccccc32)ncn1. The van der Waals surface area contributed by atoms with E-state index in [0.29, 0.717) is 0 Å². The number of hydrogen-bond acceptors (Lipinski definition) is 5. The Kier molecular flexibility index (Phi) is 4.85. The molecule has 0 saturated carbocycles. The molecular formula is C17H22N4O. The maximum atomic E-state index is 5.06. The number of nitrogens with zero attached hydrogens (tertiary/aromatic N) is 3. The average molecular weight is 298 g/mol. The molecule has 2 aromatic rings. The van der Waals surface area contributed by atoms with Crippen molar-refractivity contribution in [3.8, 4) is 0 Å². The highest BCUT2D eigenvalue weighted by Gasteiger charge is 2.18. The number of nitrogens with one attached hydrogen (secondary N) is 1. The molecular weight excluding hydrogens is 276 g/mol. The molecule has 1 N–H and O–H groups in total. The number of fused-ring (bicyclic) bond motifs is 1. The monoisotopic (exact) mass is 298 g/mol. The van der Waals surface area contributed by atoms with E-state index in [1.807, 2.05) is 6.07 Å². The minimum absolute atomic E-state index is 0.754. The fourth-order valence-corrected chi connectivity index (χ4v) is 2.80. The van der Waals surface area contributed by atoms with Gasteiger partial charge in [0.05, 0.1) is 0 Å². The van der Waals surface area contributed by atoms with Gasteiger partial charge in [0.2, 0.25) is 0 Å². The summed E-state index contributed by atoms with van der Waals surface area (Å²) < 4.78 is 5.06. The minimum atomic E-state index is 0.754. The molecule has 0 saturated heterocycles. The van der Waals surface area contributed by atoms with Crippen LogP contribution >= 0.6 is 0 Å². The zero-order chi connectivity index (χ0) is 15.2. The van der Waals surface area contributed by atoms with Crippen molar-refractivity contribution in [2.24, 2.45) is 0 Å². The van der Waals surface area contributed by atoms with E-state index in [9.17, 15) is 0 Å². The van der Waals surface area contributed by atoms with E-state index in [4.69, 9.17) is 4.74 Å². The Labute approximate surface area is 131 Å². The Morgan fingerprint density at radius 1 is 1.27 bits per heavy atom. The summed E-state index contributed by atoms with van der Waals surface area (Å²) in [5.41, 5.74) is 2.65. The predicted molar refractivity (Wildman–Crippen MR) is 88.8 cm³/mol. The van der Waals surface area contributed by atoms with Crippen LogP contribution in [0.1, 0.15) is 18.4 Å². The molecule has 0 unspecified atom stereocenters. The smallest absolute Gasteiger partial charge is 0.138 e. The van der Waals surface area contributed by atoms with E-state index in [1.54, 1.807) is 13.4 Å². The first-order chi connectivity index (χ1) is 10.9. The Morgan fingerprint density at radius 3 is 3.09 bits per heavy atom. The van der Waals surface area contributed by atoms with Gasteiger partial charge in [-0.05, 0) is 30.9 Å². The van der Waals surface area contributed by atoms with Crippen molar-refractivity contribution < 1.29 is 4.74 Å². The highest BCUT2D eigenvalue weighted by atomic mass is 16.5. The van der Waals surface area contributed by atoms with E-state index in [2.05, 4.69) is 44.5 Å². The van der Waals surface area contributed by atoms with Crippen molar-refractivity contribution in [2.75, 3.05) is 37.0 Å². The largest absolute Gasteiger partial charge is 0.385 e. The molecule has 3 rings (SSSR count). The number of benzene rings is 1. The summed E-state index contributed by atoms with van der Waals surface area (Å²) >= 11 is 0. The van der Waals surface area contributed by atoms with E-state index >= 15 is 0 Å². The highest BCUT2D eigenvalue weighted by Crippen LogP contribution is 2.32. The van der Waals surface area contributed by atoms with Crippen LogP contribution in [0.5, 0.6) is 0 Å². The third-order valence-electron chi connectivity index (χ3n) is 3.87. The van der Waals surface area contributed by atoms with Gasteiger partial charge in [0.1, 0.15) is 18.0 Å². The predicted octanol–water partition coefficient (Wildman–Crippen LogP) is 3.01. The topological polar surface area (TPSA) is 50.3 Å². The number of aromatic nitrogens is 2. The molecule has 2 heterocycles. The van der Waals surface area contributed by atoms with Gasteiger partial charge in [-0.1, -0.05) is 18.2 Å². The quantitative estimate of drug-likeness (QED) is 0.831. The standard InChI is InChI=1S/C17H22N4O/c1-22-11-5-9-18-16-12-17(20-13-19-16)21-10-4-7-14-6-2-3-8-15(14)21/h2-3,6,8,12-13H,4-5,7,9-11H2,1H3,(H,18,19,20). The number of ether oxygens (including phenoxy) is 1. The fraction of sp³-hybridized carbons (Fsp3) is 0.412. The summed E-state index contributed by atoms with van der Waals surface area (Å²) in [5, 5.41) is 3.33. The van der Waals surface area contributed by atoms with Gasteiger partial charge in [0, 0.05) is 38.6 Å². The lowest BCUT2D eigenvalue weighted by atomic mass is 10.0. The van der Waals surface area contributed by atoms with Crippen LogP contribution in [-0.4, -0.2) is 36.8 Å². The van der Waals surface area contributed by atoms with E-state index < -0.39 is 0 Å². The molecule has 5 heteroatoms. The van der Waals surface area contributed by atoms with Gasteiger partial charge in [-0.3, -0.25) is 0 Å². The second kappa shape index (κ2) is 7.22. The number of methoxy groups -OCH3 is 1. The number of para-hydroxylation sites is 1. The molecule has 1 aliphatic rings.